The Hall–Kier alpha value is -2.08. The molecule has 2 amide bonds. The molecular formula is C15H19N3O3. The fourth-order valence-corrected chi connectivity index (χ4v) is 2.74. The molecule has 2 aliphatic rings. The number of nitrogens with zero attached hydrogens (tertiary/aromatic N) is 2. The van der Waals surface area contributed by atoms with Crippen LogP contribution in [0.2, 0.25) is 0 Å². The van der Waals surface area contributed by atoms with Crippen LogP contribution in [0.4, 0.5) is 4.79 Å². The van der Waals surface area contributed by atoms with E-state index < -0.39 is 6.09 Å². The monoisotopic (exact) mass is 289 g/mol. The molecule has 1 N–H and O–H groups in total. The second-order valence-electron chi connectivity index (χ2n) is 5.26. The molecule has 1 atom stereocenters. The number of cyclic esters (lactones) is 1. The molecule has 0 spiro atoms. The molecule has 0 saturated carbocycles. The lowest BCUT2D eigenvalue weighted by molar-refractivity contribution is -0.132. The third kappa shape index (κ3) is 3.00. The fourth-order valence-electron chi connectivity index (χ4n) is 2.74. The minimum atomic E-state index is -0.410. The van der Waals surface area contributed by atoms with E-state index >= 15 is 0 Å². The van der Waals surface area contributed by atoms with Gasteiger partial charge in [-0.25, -0.2) is 4.79 Å². The Balaban J connectivity index is 1.69. The zero-order valence-corrected chi connectivity index (χ0v) is 11.8. The van der Waals surface area contributed by atoms with Crippen molar-refractivity contribution >= 4 is 12.0 Å². The van der Waals surface area contributed by atoms with E-state index in [-0.39, 0.29) is 18.5 Å². The van der Waals surface area contributed by atoms with Crippen molar-refractivity contribution in [1.82, 2.24) is 15.1 Å². The molecule has 0 unspecified atom stereocenters. The Bertz CT molecular complexity index is 514. The summed E-state index contributed by atoms with van der Waals surface area (Å²) in [5.74, 6) is -0.0173. The second kappa shape index (κ2) is 6.13. The molecule has 6 nitrogen and oxygen atoms in total. The number of hydrogen-bond donors (Lipinski definition) is 1. The first-order chi connectivity index (χ1) is 10.3. The van der Waals surface area contributed by atoms with E-state index in [0.29, 0.717) is 19.7 Å². The van der Waals surface area contributed by atoms with E-state index in [9.17, 15) is 9.59 Å². The number of ether oxygens (including phenoxy) is 1. The Morgan fingerprint density at radius 1 is 1.24 bits per heavy atom. The van der Waals surface area contributed by atoms with Crippen LogP contribution in [-0.2, 0) is 9.53 Å². The smallest absolute Gasteiger partial charge is 0.410 e. The van der Waals surface area contributed by atoms with Crippen LogP contribution < -0.4 is 5.32 Å². The molecule has 2 aliphatic heterocycles. The summed E-state index contributed by atoms with van der Waals surface area (Å²) >= 11 is 0. The van der Waals surface area contributed by atoms with Crippen molar-refractivity contribution in [2.24, 2.45) is 0 Å². The number of hydrogen-bond acceptors (Lipinski definition) is 4. The van der Waals surface area contributed by atoms with E-state index in [1.165, 1.54) is 4.90 Å². The van der Waals surface area contributed by atoms with Gasteiger partial charge in [0.15, 0.2) is 0 Å². The third-order valence-corrected chi connectivity index (χ3v) is 3.94. The van der Waals surface area contributed by atoms with Gasteiger partial charge in [-0.1, -0.05) is 30.3 Å². The van der Waals surface area contributed by atoms with Crippen molar-refractivity contribution in [3.05, 3.63) is 35.9 Å². The van der Waals surface area contributed by atoms with Gasteiger partial charge in [-0.3, -0.25) is 9.69 Å². The Labute approximate surface area is 123 Å². The molecule has 6 heteroatoms. The number of amides is 2. The lowest BCUT2D eigenvalue weighted by atomic mass is 10.1. The predicted molar refractivity (Wildman–Crippen MR) is 76.7 cm³/mol. The minimum Gasteiger partial charge on any atom is -0.447 e. The van der Waals surface area contributed by atoms with Crippen molar-refractivity contribution in [2.75, 3.05) is 39.3 Å². The van der Waals surface area contributed by atoms with E-state index in [2.05, 4.69) is 5.32 Å². The molecule has 21 heavy (non-hydrogen) atoms. The maximum atomic E-state index is 12.3. The van der Waals surface area contributed by atoms with E-state index in [1.54, 1.807) is 4.90 Å². The van der Waals surface area contributed by atoms with Crippen LogP contribution in [0, 0.1) is 0 Å². The molecule has 1 aromatic rings. The van der Waals surface area contributed by atoms with E-state index in [4.69, 9.17) is 4.74 Å². The lowest BCUT2D eigenvalue weighted by Crippen LogP contribution is -2.50. The van der Waals surface area contributed by atoms with Crippen molar-refractivity contribution in [2.45, 2.75) is 6.04 Å². The zero-order chi connectivity index (χ0) is 14.7. The van der Waals surface area contributed by atoms with Gasteiger partial charge in [0.05, 0.1) is 6.04 Å². The van der Waals surface area contributed by atoms with Gasteiger partial charge in [0.25, 0.3) is 0 Å². The SMILES string of the molecule is O=C(CN1C(=O)OC[C@@H]1c1ccccc1)N1CCNCC1. The van der Waals surface area contributed by atoms with Gasteiger partial charge in [-0.2, -0.15) is 0 Å². The second-order valence-corrected chi connectivity index (χ2v) is 5.26. The topological polar surface area (TPSA) is 61.9 Å². The van der Waals surface area contributed by atoms with Gasteiger partial charge in [0.2, 0.25) is 5.91 Å². The molecule has 0 aliphatic carbocycles. The molecule has 2 fully saturated rings. The Morgan fingerprint density at radius 3 is 2.67 bits per heavy atom. The average Bonchev–Trinajstić information content (AvgIpc) is 2.90. The average molecular weight is 289 g/mol. The highest BCUT2D eigenvalue weighted by Crippen LogP contribution is 2.27. The predicted octanol–water partition coefficient (Wildman–Crippen LogP) is 0.612. The van der Waals surface area contributed by atoms with Crippen LogP contribution in [0.3, 0.4) is 0 Å². The van der Waals surface area contributed by atoms with Crippen molar-refractivity contribution in [3.63, 3.8) is 0 Å². The van der Waals surface area contributed by atoms with Gasteiger partial charge < -0.3 is 15.0 Å². The van der Waals surface area contributed by atoms with Crippen molar-refractivity contribution < 1.29 is 14.3 Å². The van der Waals surface area contributed by atoms with Crippen molar-refractivity contribution in [3.8, 4) is 0 Å². The van der Waals surface area contributed by atoms with Crippen LogP contribution >= 0.6 is 0 Å². The summed E-state index contributed by atoms with van der Waals surface area (Å²) in [6, 6.07) is 9.51. The maximum Gasteiger partial charge on any atom is 0.410 e. The van der Waals surface area contributed by atoms with Crippen LogP contribution in [0.5, 0.6) is 0 Å². The summed E-state index contributed by atoms with van der Waals surface area (Å²) in [6.45, 7) is 3.38. The number of nitrogens with one attached hydrogen (secondary N) is 1. The summed E-state index contributed by atoms with van der Waals surface area (Å²) in [5, 5.41) is 3.21. The Morgan fingerprint density at radius 2 is 1.95 bits per heavy atom. The van der Waals surface area contributed by atoms with Crippen LogP contribution in [-0.4, -0.2) is 61.1 Å². The molecule has 112 valence electrons. The number of carbonyl (C=O) groups excluding carboxylic acids is 2. The first kappa shape index (κ1) is 13.9. The van der Waals surface area contributed by atoms with Gasteiger partial charge in [-0.15, -0.1) is 0 Å². The molecule has 0 radical (unpaired) electrons. The van der Waals surface area contributed by atoms with E-state index in [1.807, 2.05) is 30.3 Å². The first-order valence-electron chi connectivity index (χ1n) is 7.22. The molecule has 1 aromatic carbocycles. The molecule has 0 bridgehead atoms. The van der Waals surface area contributed by atoms with Crippen LogP contribution in [0.15, 0.2) is 30.3 Å². The lowest BCUT2D eigenvalue weighted by Gasteiger charge is -2.30. The minimum absolute atomic E-state index is 0.0173. The molecule has 3 rings (SSSR count). The summed E-state index contributed by atoms with van der Waals surface area (Å²) < 4.78 is 5.12. The molecule has 0 aromatic heterocycles. The summed E-state index contributed by atoms with van der Waals surface area (Å²) in [6.07, 6.45) is -0.410. The summed E-state index contributed by atoms with van der Waals surface area (Å²) in [5.41, 5.74) is 0.997. The molecular weight excluding hydrogens is 270 g/mol. The van der Waals surface area contributed by atoms with Gasteiger partial charge in [0.1, 0.15) is 13.2 Å². The highest BCUT2D eigenvalue weighted by Gasteiger charge is 2.36. The van der Waals surface area contributed by atoms with Gasteiger partial charge >= 0.3 is 6.09 Å². The molecule has 2 heterocycles. The molecule has 2 saturated heterocycles. The number of carbonyl (C=O) groups is 2. The highest BCUT2D eigenvalue weighted by atomic mass is 16.6. The number of rotatable bonds is 3. The fraction of sp³-hybridized carbons (Fsp3) is 0.467. The highest BCUT2D eigenvalue weighted by molar-refractivity contribution is 5.83. The standard InChI is InChI=1S/C15H19N3O3/c19-14(17-8-6-16-7-9-17)10-18-13(11-21-15(18)20)12-4-2-1-3-5-12/h1-5,13,16H,6-11H2/t13-/m1/s1. The van der Waals surface area contributed by atoms with Crippen molar-refractivity contribution in [1.29, 1.82) is 0 Å². The number of benzene rings is 1. The normalized spacial score (nSPS) is 22.3. The third-order valence-electron chi connectivity index (χ3n) is 3.94. The zero-order valence-electron chi connectivity index (χ0n) is 11.8. The summed E-state index contributed by atoms with van der Waals surface area (Å²) in [7, 11) is 0. The largest absolute Gasteiger partial charge is 0.447 e. The van der Waals surface area contributed by atoms with Crippen LogP contribution in [0.25, 0.3) is 0 Å². The Kier molecular flexibility index (Phi) is 4.06. The van der Waals surface area contributed by atoms with Gasteiger partial charge in [-0.05, 0) is 5.56 Å². The number of piperazine rings is 1. The van der Waals surface area contributed by atoms with Gasteiger partial charge in [0, 0.05) is 26.2 Å². The quantitative estimate of drug-likeness (QED) is 0.886. The first-order valence-corrected chi connectivity index (χ1v) is 7.22. The summed E-state index contributed by atoms with van der Waals surface area (Å²) in [4.78, 5) is 27.5. The van der Waals surface area contributed by atoms with Crippen LogP contribution in [0.1, 0.15) is 11.6 Å². The maximum absolute atomic E-state index is 12.3. The van der Waals surface area contributed by atoms with E-state index in [0.717, 1.165) is 18.7 Å².